The standard InChI is InChI=1S/C32H35F2N3O5/c1-21(2)16-28(30(39)35-26(19-38)18-24-10-6-7-11-27(24)34)36-31(40)29(17-22-12-14-25(33)15-13-22)37-32(41)42-20-23-8-4-3-5-9-23/h3-15,19,21,26,28-29H,16-18,20H2,1-2H3,(H,35,39)(H,36,40)(H,37,41)/t26?,28-,29-/m0/s1. The second-order valence-corrected chi connectivity index (χ2v) is 10.3. The monoisotopic (exact) mass is 579 g/mol. The Morgan fingerprint density at radius 1 is 0.762 bits per heavy atom. The van der Waals surface area contributed by atoms with Crippen LogP contribution in [0.3, 0.4) is 0 Å². The first-order chi connectivity index (χ1) is 20.1. The summed E-state index contributed by atoms with van der Waals surface area (Å²) in [6.45, 7) is 3.70. The Morgan fingerprint density at radius 2 is 1.40 bits per heavy atom. The van der Waals surface area contributed by atoms with Gasteiger partial charge in [0.15, 0.2) is 0 Å². The molecule has 0 aliphatic carbocycles. The van der Waals surface area contributed by atoms with Crippen LogP contribution in [0.2, 0.25) is 0 Å². The molecule has 3 aromatic carbocycles. The number of halogens is 2. The van der Waals surface area contributed by atoms with Gasteiger partial charge in [-0.15, -0.1) is 0 Å². The molecule has 0 spiro atoms. The molecule has 1 unspecified atom stereocenters. The van der Waals surface area contributed by atoms with Gasteiger partial charge in [-0.25, -0.2) is 13.6 Å². The van der Waals surface area contributed by atoms with Gasteiger partial charge in [0.25, 0.3) is 0 Å². The first kappa shape index (κ1) is 31.9. The highest BCUT2D eigenvalue weighted by molar-refractivity contribution is 5.92. The van der Waals surface area contributed by atoms with Crippen molar-refractivity contribution in [1.29, 1.82) is 0 Å². The quantitative estimate of drug-likeness (QED) is 0.247. The first-order valence-corrected chi connectivity index (χ1v) is 13.7. The summed E-state index contributed by atoms with van der Waals surface area (Å²) in [5.74, 6) is -2.28. The Hall–Kier alpha value is -4.60. The molecule has 42 heavy (non-hydrogen) atoms. The SMILES string of the molecule is CC(C)C[C@H](NC(=O)[C@H](Cc1ccc(F)cc1)NC(=O)OCc1ccccc1)C(=O)NC(C=O)Cc1ccccc1F. The smallest absolute Gasteiger partial charge is 0.408 e. The van der Waals surface area contributed by atoms with Crippen LogP contribution in [0.15, 0.2) is 78.9 Å². The molecule has 0 fully saturated rings. The van der Waals surface area contributed by atoms with E-state index in [9.17, 15) is 28.0 Å². The zero-order valence-corrected chi connectivity index (χ0v) is 23.5. The van der Waals surface area contributed by atoms with Gasteiger partial charge in [0.05, 0.1) is 6.04 Å². The molecule has 0 aliphatic heterocycles. The van der Waals surface area contributed by atoms with Gasteiger partial charge in [-0.1, -0.05) is 74.5 Å². The van der Waals surface area contributed by atoms with E-state index in [2.05, 4.69) is 16.0 Å². The first-order valence-electron chi connectivity index (χ1n) is 13.7. The average molecular weight is 580 g/mol. The highest BCUT2D eigenvalue weighted by Crippen LogP contribution is 2.12. The Bertz CT molecular complexity index is 1340. The van der Waals surface area contributed by atoms with E-state index in [-0.39, 0.29) is 37.4 Å². The minimum atomic E-state index is -1.17. The molecule has 3 amide bonds. The fourth-order valence-corrected chi connectivity index (χ4v) is 4.27. The van der Waals surface area contributed by atoms with Crippen LogP contribution in [0.4, 0.5) is 13.6 Å². The number of rotatable bonds is 14. The van der Waals surface area contributed by atoms with Crippen molar-refractivity contribution in [3.8, 4) is 0 Å². The van der Waals surface area contributed by atoms with Gasteiger partial charge in [0, 0.05) is 12.8 Å². The van der Waals surface area contributed by atoms with Crippen molar-refractivity contribution >= 4 is 24.2 Å². The van der Waals surface area contributed by atoms with Crippen LogP contribution in [0.1, 0.15) is 37.0 Å². The molecular weight excluding hydrogens is 544 g/mol. The third-order valence-corrected chi connectivity index (χ3v) is 6.40. The third kappa shape index (κ3) is 10.4. The van der Waals surface area contributed by atoms with E-state index in [4.69, 9.17) is 4.74 Å². The largest absolute Gasteiger partial charge is 0.445 e. The van der Waals surface area contributed by atoms with E-state index >= 15 is 0 Å². The second kappa shape index (κ2) is 16.0. The van der Waals surface area contributed by atoms with Crippen molar-refractivity contribution in [2.24, 2.45) is 5.92 Å². The molecule has 0 saturated heterocycles. The van der Waals surface area contributed by atoms with Gasteiger partial charge in [-0.05, 0) is 47.2 Å². The molecule has 8 nitrogen and oxygen atoms in total. The van der Waals surface area contributed by atoms with E-state index in [0.29, 0.717) is 11.8 Å². The van der Waals surface area contributed by atoms with E-state index in [1.54, 1.807) is 30.3 Å². The van der Waals surface area contributed by atoms with Crippen LogP contribution < -0.4 is 16.0 Å². The lowest BCUT2D eigenvalue weighted by atomic mass is 10.00. The molecule has 0 radical (unpaired) electrons. The summed E-state index contributed by atoms with van der Waals surface area (Å²) in [6, 6.07) is 17.1. The lowest BCUT2D eigenvalue weighted by Crippen LogP contribution is -2.56. The number of aldehydes is 1. The number of alkyl carbamates (subject to hydrolysis) is 1. The maximum absolute atomic E-state index is 14.1. The van der Waals surface area contributed by atoms with Gasteiger partial charge >= 0.3 is 6.09 Å². The minimum absolute atomic E-state index is 0.00713. The Labute approximate surface area is 243 Å². The van der Waals surface area contributed by atoms with Crippen molar-refractivity contribution in [1.82, 2.24) is 16.0 Å². The van der Waals surface area contributed by atoms with Gasteiger partial charge < -0.3 is 25.5 Å². The number of amides is 3. The number of hydrogen-bond acceptors (Lipinski definition) is 5. The Kier molecular flexibility index (Phi) is 12.2. The summed E-state index contributed by atoms with van der Waals surface area (Å²) in [4.78, 5) is 51.1. The highest BCUT2D eigenvalue weighted by Gasteiger charge is 2.29. The molecule has 3 rings (SSSR count). The topological polar surface area (TPSA) is 114 Å². The fraction of sp³-hybridized carbons (Fsp3) is 0.312. The van der Waals surface area contributed by atoms with Crippen molar-refractivity contribution < 1.29 is 32.7 Å². The molecule has 222 valence electrons. The average Bonchev–Trinajstić information content (AvgIpc) is 2.97. The van der Waals surface area contributed by atoms with Crippen molar-refractivity contribution in [3.05, 3.63) is 107 Å². The summed E-state index contributed by atoms with van der Waals surface area (Å²) in [7, 11) is 0. The predicted octanol–water partition coefficient (Wildman–Crippen LogP) is 4.26. The highest BCUT2D eigenvalue weighted by atomic mass is 19.1. The summed E-state index contributed by atoms with van der Waals surface area (Å²) in [6.07, 6.45) is -0.180. The molecule has 0 saturated carbocycles. The van der Waals surface area contributed by atoms with Crippen LogP contribution in [0.25, 0.3) is 0 Å². The number of carbonyl (C=O) groups is 4. The number of hydrogen-bond donors (Lipinski definition) is 3. The van der Waals surface area contributed by atoms with Crippen molar-refractivity contribution in [2.75, 3.05) is 0 Å². The number of nitrogens with one attached hydrogen (secondary N) is 3. The van der Waals surface area contributed by atoms with Crippen LogP contribution in [0, 0.1) is 17.6 Å². The summed E-state index contributed by atoms with van der Waals surface area (Å²) in [5, 5.41) is 7.81. The van der Waals surface area contributed by atoms with Gasteiger partial charge in [0.1, 0.15) is 36.6 Å². The summed E-state index contributed by atoms with van der Waals surface area (Å²) >= 11 is 0. The molecule has 0 aliphatic rings. The Morgan fingerprint density at radius 3 is 2.05 bits per heavy atom. The molecular formula is C32H35F2N3O5. The normalized spacial score (nSPS) is 13.0. The molecule has 0 bridgehead atoms. The second-order valence-electron chi connectivity index (χ2n) is 10.3. The molecule has 0 aromatic heterocycles. The Balaban J connectivity index is 1.72. The molecule has 3 atom stereocenters. The molecule has 10 heteroatoms. The minimum Gasteiger partial charge on any atom is -0.445 e. The summed E-state index contributed by atoms with van der Waals surface area (Å²) < 4.78 is 32.9. The van der Waals surface area contributed by atoms with Gasteiger partial charge in [-0.3, -0.25) is 9.59 Å². The van der Waals surface area contributed by atoms with Crippen LogP contribution >= 0.6 is 0 Å². The van der Waals surface area contributed by atoms with Crippen molar-refractivity contribution in [3.63, 3.8) is 0 Å². The zero-order valence-electron chi connectivity index (χ0n) is 23.5. The lowest BCUT2D eigenvalue weighted by Gasteiger charge is -2.25. The maximum atomic E-state index is 14.1. The predicted molar refractivity (Wildman–Crippen MR) is 153 cm³/mol. The molecule has 0 heterocycles. The van der Waals surface area contributed by atoms with E-state index in [0.717, 1.165) is 5.56 Å². The summed E-state index contributed by atoms with van der Waals surface area (Å²) in [5.41, 5.74) is 1.58. The van der Waals surface area contributed by atoms with E-state index < -0.39 is 47.7 Å². The van der Waals surface area contributed by atoms with E-state index in [1.165, 1.54) is 42.5 Å². The molecule has 3 aromatic rings. The number of ether oxygens (including phenoxy) is 1. The van der Waals surface area contributed by atoms with Crippen LogP contribution in [0.5, 0.6) is 0 Å². The number of benzene rings is 3. The van der Waals surface area contributed by atoms with Crippen LogP contribution in [-0.4, -0.2) is 42.3 Å². The molecule has 3 N–H and O–H groups in total. The maximum Gasteiger partial charge on any atom is 0.408 e. The third-order valence-electron chi connectivity index (χ3n) is 6.40. The van der Waals surface area contributed by atoms with Crippen molar-refractivity contribution in [2.45, 2.75) is 57.8 Å². The van der Waals surface area contributed by atoms with Gasteiger partial charge in [0.2, 0.25) is 11.8 Å². The number of carbonyl (C=O) groups excluding carboxylic acids is 4. The van der Waals surface area contributed by atoms with Gasteiger partial charge in [-0.2, -0.15) is 0 Å². The lowest BCUT2D eigenvalue weighted by molar-refractivity contribution is -0.131. The van der Waals surface area contributed by atoms with Crippen LogP contribution in [-0.2, 0) is 38.6 Å². The van der Waals surface area contributed by atoms with E-state index in [1.807, 2.05) is 19.9 Å². The zero-order chi connectivity index (χ0) is 30.5. The fourth-order valence-electron chi connectivity index (χ4n) is 4.27.